The average molecular weight is 324 g/mol. The molecule has 1 aromatic rings. The van der Waals surface area contributed by atoms with Crippen molar-refractivity contribution in [3.8, 4) is 0 Å². The molecule has 1 aromatic carbocycles. The normalized spacial score (nSPS) is 19.3. The second kappa shape index (κ2) is 7.01. The van der Waals surface area contributed by atoms with Crippen LogP contribution in [0.4, 0.5) is 5.69 Å². The van der Waals surface area contributed by atoms with Gasteiger partial charge in [0.15, 0.2) is 0 Å². The van der Waals surface area contributed by atoms with Crippen LogP contribution in [0.2, 0.25) is 0 Å². The fourth-order valence-electron chi connectivity index (χ4n) is 3.24. The third-order valence-corrected chi connectivity index (χ3v) is 5.49. The van der Waals surface area contributed by atoms with Gasteiger partial charge in [0.1, 0.15) is 0 Å². The maximum Gasteiger partial charge on any atom is 0.232 e. The van der Waals surface area contributed by atoms with Crippen LogP contribution in [-0.4, -0.2) is 33.3 Å². The first-order valence-corrected chi connectivity index (χ1v) is 10.0. The Morgan fingerprint density at radius 2 is 2.14 bits per heavy atom. The molecule has 1 aliphatic heterocycles. The van der Waals surface area contributed by atoms with Crippen LogP contribution in [0.5, 0.6) is 0 Å². The third kappa shape index (κ3) is 4.02. The highest BCUT2D eigenvalue weighted by Gasteiger charge is 2.32. The summed E-state index contributed by atoms with van der Waals surface area (Å²) in [5.41, 5.74) is 3.28. The first kappa shape index (κ1) is 17.3. The van der Waals surface area contributed by atoms with Gasteiger partial charge in [-0.3, -0.25) is 4.31 Å². The van der Waals surface area contributed by atoms with E-state index in [0.717, 1.165) is 30.6 Å². The molecule has 1 N–H and O–H groups in total. The largest absolute Gasteiger partial charge is 0.314 e. The molecule has 0 aliphatic carbocycles. The lowest BCUT2D eigenvalue weighted by Gasteiger charge is -2.22. The minimum Gasteiger partial charge on any atom is -0.314 e. The van der Waals surface area contributed by atoms with Crippen molar-refractivity contribution >= 4 is 15.7 Å². The van der Waals surface area contributed by atoms with Crippen molar-refractivity contribution in [2.24, 2.45) is 0 Å². The average Bonchev–Trinajstić information content (AvgIpc) is 2.73. The maximum absolute atomic E-state index is 11.9. The van der Waals surface area contributed by atoms with E-state index in [2.05, 4.69) is 31.3 Å². The number of hydrogen-bond donors (Lipinski definition) is 1. The highest BCUT2D eigenvalue weighted by molar-refractivity contribution is 7.92. The van der Waals surface area contributed by atoms with Crippen molar-refractivity contribution in [1.82, 2.24) is 5.32 Å². The van der Waals surface area contributed by atoms with E-state index in [1.807, 2.05) is 13.0 Å². The molecular weight excluding hydrogens is 296 g/mol. The summed E-state index contributed by atoms with van der Waals surface area (Å²) in [6.07, 6.45) is 5.47. The van der Waals surface area contributed by atoms with E-state index < -0.39 is 10.0 Å². The summed E-state index contributed by atoms with van der Waals surface area (Å²) in [6, 6.07) is 6.66. The van der Waals surface area contributed by atoms with Crippen molar-refractivity contribution in [2.45, 2.75) is 58.5 Å². The summed E-state index contributed by atoms with van der Waals surface area (Å²) in [7, 11) is -3.19. The predicted molar refractivity (Wildman–Crippen MR) is 93.0 cm³/mol. The summed E-state index contributed by atoms with van der Waals surface area (Å²) in [5.74, 6) is 0. The van der Waals surface area contributed by atoms with Crippen LogP contribution >= 0.6 is 0 Å². The molecule has 2 rings (SSSR count). The number of unbranched alkanes of at least 4 members (excludes halogenated alkanes) is 1. The molecule has 0 bridgehead atoms. The molecule has 1 aliphatic rings. The van der Waals surface area contributed by atoms with Gasteiger partial charge in [0.05, 0.1) is 11.9 Å². The standard InChI is InChI=1S/C17H28N2O2S/c1-5-6-9-18-13(2)10-15-7-8-17-16(12-15)11-14(3)19(17)22(4,20)21/h7-8,12-14,18H,5-6,9-11H2,1-4H3. The summed E-state index contributed by atoms with van der Waals surface area (Å²) in [5, 5.41) is 3.54. The van der Waals surface area contributed by atoms with Crippen molar-refractivity contribution in [3.63, 3.8) is 0 Å². The first-order chi connectivity index (χ1) is 10.3. The number of hydrogen-bond acceptors (Lipinski definition) is 3. The van der Waals surface area contributed by atoms with Gasteiger partial charge in [-0.1, -0.05) is 25.5 Å². The molecule has 2 atom stereocenters. The lowest BCUT2D eigenvalue weighted by Crippen LogP contribution is -2.34. The van der Waals surface area contributed by atoms with E-state index in [-0.39, 0.29) is 6.04 Å². The lowest BCUT2D eigenvalue weighted by molar-refractivity contribution is 0.531. The highest BCUT2D eigenvalue weighted by Crippen LogP contribution is 2.34. The molecule has 0 aromatic heterocycles. The topological polar surface area (TPSA) is 49.4 Å². The van der Waals surface area contributed by atoms with E-state index >= 15 is 0 Å². The summed E-state index contributed by atoms with van der Waals surface area (Å²) in [6.45, 7) is 7.42. The van der Waals surface area contributed by atoms with Gasteiger partial charge >= 0.3 is 0 Å². The third-order valence-electron chi connectivity index (χ3n) is 4.22. The summed E-state index contributed by atoms with van der Waals surface area (Å²) >= 11 is 0. The predicted octanol–water partition coefficient (Wildman–Crippen LogP) is 2.72. The van der Waals surface area contributed by atoms with Gasteiger partial charge in [-0.2, -0.15) is 0 Å². The maximum atomic E-state index is 11.9. The number of benzene rings is 1. The van der Waals surface area contributed by atoms with Gasteiger partial charge in [0.2, 0.25) is 10.0 Å². The molecule has 0 amide bonds. The molecule has 0 saturated heterocycles. The summed E-state index contributed by atoms with van der Waals surface area (Å²) < 4.78 is 25.4. The first-order valence-electron chi connectivity index (χ1n) is 8.17. The number of nitrogens with one attached hydrogen (secondary N) is 1. The van der Waals surface area contributed by atoms with Crippen molar-refractivity contribution in [2.75, 3.05) is 17.1 Å². The summed E-state index contributed by atoms with van der Waals surface area (Å²) in [4.78, 5) is 0. The van der Waals surface area contributed by atoms with Crippen molar-refractivity contribution in [1.29, 1.82) is 0 Å². The Morgan fingerprint density at radius 1 is 1.41 bits per heavy atom. The van der Waals surface area contributed by atoms with Gasteiger partial charge in [-0.15, -0.1) is 0 Å². The molecule has 2 unspecified atom stereocenters. The Labute approximate surface area is 135 Å². The van der Waals surface area contributed by atoms with E-state index in [4.69, 9.17) is 0 Å². The van der Waals surface area contributed by atoms with E-state index in [9.17, 15) is 8.42 Å². The second-order valence-electron chi connectivity index (χ2n) is 6.49. The Kier molecular flexibility index (Phi) is 5.50. The Bertz CT molecular complexity index is 613. The molecule has 0 radical (unpaired) electrons. The second-order valence-corrected chi connectivity index (χ2v) is 8.35. The smallest absolute Gasteiger partial charge is 0.232 e. The molecule has 5 heteroatoms. The molecule has 0 fully saturated rings. The van der Waals surface area contributed by atoms with Crippen LogP contribution < -0.4 is 9.62 Å². The Balaban J connectivity index is 2.09. The molecule has 4 nitrogen and oxygen atoms in total. The zero-order valence-electron chi connectivity index (χ0n) is 14.1. The Hall–Kier alpha value is -1.07. The number of sulfonamides is 1. The molecule has 22 heavy (non-hydrogen) atoms. The minimum atomic E-state index is -3.19. The molecule has 0 spiro atoms. The van der Waals surface area contributed by atoms with Gasteiger partial charge in [-0.05, 0) is 56.8 Å². The van der Waals surface area contributed by atoms with Crippen LogP contribution in [0, 0.1) is 0 Å². The van der Waals surface area contributed by atoms with Gasteiger partial charge in [0, 0.05) is 12.1 Å². The van der Waals surface area contributed by atoms with E-state index in [1.165, 1.54) is 24.7 Å². The minimum absolute atomic E-state index is 0.0142. The number of fused-ring (bicyclic) bond motifs is 1. The monoisotopic (exact) mass is 324 g/mol. The van der Waals surface area contributed by atoms with Crippen LogP contribution in [0.25, 0.3) is 0 Å². The number of nitrogens with zero attached hydrogens (tertiary/aromatic N) is 1. The Morgan fingerprint density at radius 3 is 2.77 bits per heavy atom. The fourth-order valence-corrected chi connectivity index (χ4v) is 4.50. The molecular formula is C17H28N2O2S. The van der Waals surface area contributed by atoms with Gasteiger partial charge in [0.25, 0.3) is 0 Å². The van der Waals surface area contributed by atoms with Crippen molar-refractivity contribution < 1.29 is 8.42 Å². The van der Waals surface area contributed by atoms with E-state index in [1.54, 1.807) is 4.31 Å². The fraction of sp³-hybridized carbons (Fsp3) is 0.647. The lowest BCUT2D eigenvalue weighted by atomic mass is 10.0. The molecule has 1 heterocycles. The van der Waals surface area contributed by atoms with Crippen LogP contribution in [-0.2, 0) is 22.9 Å². The van der Waals surface area contributed by atoms with Crippen LogP contribution in [0.1, 0.15) is 44.7 Å². The van der Waals surface area contributed by atoms with Gasteiger partial charge in [-0.25, -0.2) is 8.42 Å². The quantitative estimate of drug-likeness (QED) is 0.785. The zero-order chi connectivity index (χ0) is 16.3. The molecule has 0 saturated carbocycles. The highest BCUT2D eigenvalue weighted by atomic mass is 32.2. The van der Waals surface area contributed by atoms with Crippen LogP contribution in [0.15, 0.2) is 18.2 Å². The van der Waals surface area contributed by atoms with Gasteiger partial charge < -0.3 is 5.32 Å². The number of rotatable bonds is 7. The number of anilines is 1. The zero-order valence-corrected chi connectivity index (χ0v) is 14.9. The van der Waals surface area contributed by atoms with Crippen molar-refractivity contribution in [3.05, 3.63) is 29.3 Å². The molecule has 124 valence electrons. The van der Waals surface area contributed by atoms with Crippen LogP contribution in [0.3, 0.4) is 0 Å². The van der Waals surface area contributed by atoms with E-state index in [0.29, 0.717) is 6.04 Å². The SMILES string of the molecule is CCCCNC(C)Cc1ccc2c(c1)CC(C)N2S(C)(=O)=O.